The molecule has 0 saturated heterocycles. The van der Waals surface area contributed by atoms with E-state index in [1.54, 1.807) is 57.3 Å². The maximum Gasteiger partial charge on any atom is 0.344 e. The van der Waals surface area contributed by atoms with Crippen LogP contribution in [-0.2, 0) is 42.5 Å². The molecule has 0 saturated carbocycles. The van der Waals surface area contributed by atoms with E-state index in [2.05, 4.69) is 64.8 Å². The molecule has 0 amide bonds. The molecule has 2 aromatic carbocycles. The first-order valence-electron chi connectivity index (χ1n) is 15.3. The van der Waals surface area contributed by atoms with Crippen molar-refractivity contribution in [3.8, 4) is 5.75 Å². The molecule has 0 radical (unpaired) electrons. The summed E-state index contributed by atoms with van der Waals surface area (Å²) in [6.07, 6.45) is 2.90. The summed E-state index contributed by atoms with van der Waals surface area (Å²) in [6, 6.07) is 18.3. The molecular formula is C35H50N2O6SSi. The predicted octanol–water partition coefficient (Wildman–Crippen LogP) is 7.49. The van der Waals surface area contributed by atoms with Gasteiger partial charge in [0.25, 0.3) is 0 Å². The largest absolute Gasteiger partial charge is 0.482 e. The maximum atomic E-state index is 13.8. The highest BCUT2D eigenvalue weighted by molar-refractivity contribution is 7.89. The van der Waals surface area contributed by atoms with Crippen LogP contribution in [0.15, 0.2) is 78.0 Å². The first-order chi connectivity index (χ1) is 20.7. The van der Waals surface area contributed by atoms with E-state index in [1.807, 2.05) is 18.2 Å². The Hall–Kier alpha value is -3.05. The molecular weight excluding hydrogens is 605 g/mol. The molecule has 0 unspecified atom stereocenters. The van der Waals surface area contributed by atoms with Gasteiger partial charge in [-0.05, 0) is 79.9 Å². The molecule has 1 aromatic heterocycles. The summed E-state index contributed by atoms with van der Waals surface area (Å²) in [5.74, 6) is -0.0320. The fraction of sp³-hybridized carbons (Fsp3) is 0.486. The number of rotatable bonds is 13. The van der Waals surface area contributed by atoms with Gasteiger partial charge < -0.3 is 13.9 Å². The normalized spacial score (nSPS) is 13.1. The van der Waals surface area contributed by atoms with Crippen LogP contribution in [0.3, 0.4) is 0 Å². The molecule has 10 heteroatoms. The SMILES string of the molecule is CC(C)(C)OC(=O)COc1cccc(CN(Cc2ccc(C(C)(C)CO[Si](C)(C)C(C)(C)C)cc2)S(=O)(=O)c2cccnc2)c1. The summed E-state index contributed by atoms with van der Waals surface area (Å²) in [5.41, 5.74) is 1.86. The number of sulfonamides is 1. The van der Waals surface area contributed by atoms with Crippen molar-refractivity contribution in [2.45, 2.75) is 103 Å². The summed E-state index contributed by atoms with van der Waals surface area (Å²) in [6.45, 7) is 21.6. The number of aromatic nitrogens is 1. The monoisotopic (exact) mass is 654 g/mol. The van der Waals surface area contributed by atoms with Crippen molar-refractivity contribution in [3.05, 3.63) is 89.7 Å². The first-order valence-corrected chi connectivity index (χ1v) is 19.6. The smallest absolute Gasteiger partial charge is 0.344 e. The van der Waals surface area contributed by atoms with Crippen LogP contribution in [-0.4, -0.2) is 50.8 Å². The van der Waals surface area contributed by atoms with Gasteiger partial charge in [0.1, 0.15) is 16.2 Å². The van der Waals surface area contributed by atoms with Gasteiger partial charge in [-0.15, -0.1) is 0 Å². The van der Waals surface area contributed by atoms with Gasteiger partial charge in [0.2, 0.25) is 10.0 Å². The minimum absolute atomic E-state index is 0.0917. The lowest BCUT2D eigenvalue weighted by atomic mass is 9.85. The summed E-state index contributed by atoms with van der Waals surface area (Å²) < 4.78 is 46.6. The number of carbonyl (C=O) groups is 1. The third kappa shape index (κ3) is 10.5. The quantitative estimate of drug-likeness (QED) is 0.139. The Morgan fingerprint density at radius 3 is 2.09 bits per heavy atom. The highest BCUT2D eigenvalue weighted by atomic mass is 32.2. The lowest BCUT2D eigenvalue weighted by Crippen LogP contribution is -2.43. The molecule has 8 nitrogen and oxygen atoms in total. The van der Waals surface area contributed by atoms with Crippen LogP contribution in [0, 0.1) is 0 Å². The molecule has 3 aromatic rings. The standard InChI is InChI=1S/C35H50N2O6SSi/c1-33(2,3)43-32(38)25-41-30-14-11-13-28(21-30)24-37(44(39,40)31-15-12-20-36-22-31)23-27-16-18-29(19-17-27)35(7,8)26-42-45(9,10)34(4,5)6/h11-22H,23-26H2,1-10H3. The molecule has 0 fully saturated rings. The van der Waals surface area contributed by atoms with Gasteiger partial charge in [-0.25, -0.2) is 13.2 Å². The van der Waals surface area contributed by atoms with Gasteiger partial charge >= 0.3 is 5.97 Å². The van der Waals surface area contributed by atoms with E-state index < -0.39 is 29.9 Å². The van der Waals surface area contributed by atoms with Gasteiger partial charge in [-0.2, -0.15) is 4.31 Å². The number of benzene rings is 2. The van der Waals surface area contributed by atoms with E-state index in [1.165, 1.54) is 10.5 Å². The number of hydrogen-bond donors (Lipinski definition) is 0. The van der Waals surface area contributed by atoms with Crippen LogP contribution >= 0.6 is 0 Å². The van der Waals surface area contributed by atoms with Gasteiger partial charge in [0.05, 0.1) is 0 Å². The van der Waals surface area contributed by atoms with Crippen LogP contribution < -0.4 is 4.74 Å². The van der Waals surface area contributed by atoms with E-state index in [-0.39, 0.29) is 35.0 Å². The lowest BCUT2D eigenvalue weighted by molar-refractivity contribution is -0.157. The van der Waals surface area contributed by atoms with Crippen molar-refractivity contribution in [2.75, 3.05) is 13.2 Å². The van der Waals surface area contributed by atoms with Crippen molar-refractivity contribution < 1.29 is 27.1 Å². The Morgan fingerprint density at radius 1 is 0.867 bits per heavy atom. The van der Waals surface area contributed by atoms with Crippen LogP contribution in [0.2, 0.25) is 18.1 Å². The summed E-state index contributed by atoms with van der Waals surface area (Å²) in [4.78, 5) is 16.3. The number of ether oxygens (including phenoxy) is 2. The summed E-state index contributed by atoms with van der Waals surface area (Å²) in [7, 11) is -5.80. The average Bonchev–Trinajstić information content (AvgIpc) is 2.94. The molecule has 246 valence electrons. The third-order valence-electron chi connectivity index (χ3n) is 8.00. The molecule has 0 N–H and O–H groups in total. The lowest BCUT2D eigenvalue weighted by Gasteiger charge is -2.39. The number of carbonyl (C=O) groups excluding carboxylic acids is 1. The minimum Gasteiger partial charge on any atom is -0.482 e. The number of hydrogen-bond acceptors (Lipinski definition) is 7. The average molecular weight is 655 g/mol. The number of esters is 1. The topological polar surface area (TPSA) is 95.0 Å². The van der Waals surface area contributed by atoms with Crippen molar-refractivity contribution in [1.29, 1.82) is 0 Å². The molecule has 0 aliphatic heterocycles. The molecule has 0 spiro atoms. The molecule has 0 atom stereocenters. The Bertz CT molecular complexity index is 1530. The molecule has 1 heterocycles. The van der Waals surface area contributed by atoms with Crippen molar-refractivity contribution >= 4 is 24.3 Å². The van der Waals surface area contributed by atoms with Crippen LogP contribution in [0.1, 0.15) is 72.1 Å². The molecule has 45 heavy (non-hydrogen) atoms. The highest BCUT2D eigenvalue weighted by Gasteiger charge is 2.38. The van der Waals surface area contributed by atoms with Crippen LogP contribution in [0.5, 0.6) is 5.75 Å². The molecule has 0 aliphatic rings. The Balaban J connectivity index is 1.82. The van der Waals surface area contributed by atoms with Gasteiger partial charge in [-0.1, -0.05) is 71.0 Å². The highest BCUT2D eigenvalue weighted by Crippen LogP contribution is 2.38. The van der Waals surface area contributed by atoms with Crippen molar-refractivity contribution in [1.82, 2.24) is 9.29 Å². The Kier molecular flexibility index (Phi) is 11.5. The number of pyridine rings is 1. The van der Waals surface area contributed by atoms with E-state index in [9.17, 15) is 13.2 Å². The summed E-state index contributed by atoms with van der Waals surface area (Å²) >= 11 is 0. The fourth-order valence-corrected chi connectivity index (χ4v) is 6.79. The van der Waals surface area contributed by atoms with E-state index in [0.29, 0.717) is 17.9 Å². The van der Waals surface area contributed by atoms with Gasteiger partial charge in [-0.3, -0.25) is 4.98 Å². The van der Waals surface area contributed by atoms with E-state index >= 15 is 0 Å². The third-order valence-corrected chi connectivity index (χ3v) is 14.3. The van der Waals surface area contributed by atoms with Crippen molar-refractivity contribution in [3.63, 3.8) is 0 Å². The zero-order valence-corrected chi connectivity index (χ0v) is 30.3. The zero-order valence-electron chi connectivity index (χ0n) is 28.5. The molecule has 3 rings (SSSR count). The number of nitrogens with zero attached hydrogens (tertiary/aromatic N) is 2. The zero-order chi connectivity index (χ0) is 33.7. The molecule has 0 aliphatic carbocycles. The van der Waals surface area contributed by atoms with Crippen LogP contribution in [0.25, 0.3) is 0 Å². The first kappa shape index (κ1) is 36.4. The second-order valence-electron chi connectivity index (χ2n) is 14.6. The predicted molar refractivity (Wildman–Crippen MR) is 181 cm³/mol. The van der Waals surface area contributed by atoms with Gasteiger partial charge in [0.15, 0.2) is 14.9 Å². The Labute approximate surface area is 271 Å². The maximum absolute atomic E-state index is 13.8. The fourth-order valence-electron chi connectivity index (χ4n) is 4.25. The van der Waals surface area contributed by atoms with Crippen molar-refractivity contribution in [2.24, 2.45) is 0 Å². The summed E-state index contributed by atoms with van der Waals surface area (Å²) in [5, 5.41) is 0.125. The van der Waals surface area contributed by atoms with Crippen LogP contribution in [0.4, 0.5) is 0 Å². The minimum atomic E-state index is -3.89. The van der Waals surface area contributed by atoms with E-state index in [4.69, 9.17) is 13.9 Å². The Morgan fingerprint density at radius 2 is 1.51 bits per heavy atom. The van der Waals surface area contributed by atoms with E-state index in [0.717, 1.165) is 11.1 Å². The molecule has 0 bridgehead atoms. The van der Waals surface area contributed by atoms with Gasteiger partial charge in [0, 0.05) is 37.5 Å². The second-order valence-corrected chi connectivity index (χ2v) is 21.4. The second kappa shape index (κ2) is 14.2.